The molecular weight excluding hydrogens is 320 g/mol. The zero-order valence-electron chi connectivity index (χ0n) is 15.3. The van der Waals surface area contributed by atoms with Gasteiger partial charge >= 0.3 is 0 Å². The van der Waals surface area contributed by atoms with Crippen molar-refractivity contribution in [3.8, 4) is 0 Å². The second-order valence-corrected chi connectivity index (χ2v) is 7.72. The number of piperazine rings is 1. The van der Waals surface area contributed by atoms with Gasteiger partial charge in [0.1, 0.15) is 6.04 Å². The van der Waals surface area contributed by atoms with Crippen LogP contribution in [-0.2, 0) is 14.3 Å². The van der Waals surface area contributed by atoms with E-state index in [9.17, 15) is 9.59 Å². The molecule has 0 radical (unpaired) electrons. The zero-order chi connectivity index (χ0) is 17.6. The smallest absolute Gasteiger partial charge is 0.242 e. The van der Waals surface area contributed by atoms with Crippen molar-refractivity contribution in [2.75, 3.05) is 52.5 Å². The molecule has 0 spiro atoms. The largest absolute Gasteiger partial charge is 0.378 e. The molecule has 142 valence electrons. The van der Waals surface area contributed by atoms with Gasteiger partial charge in [-0.25, -0.2) is 0 Å². The maximum Gasteiger partial charge on any atom is 0.242 e. The number of rotatable bonds is 4. The summed E-state index contributed by atoms with van der Waals surface area (Å²) < 4.78 is 5.37. The molecule has 3 aliphatic rings. The highest BCUT2D eigenvalue weighted by Gasteiger charge is 2.29. The van der Waals surface area contributed by atoms with Crippen molar-refractivity contribution < 1.29 is 14.3 Å². The quantitative estimate of drug-likeness (QED) is 0.734. The predicted octanol–water partition coefficient (Wildman–Crippen LogP) is -0.186. The number of hydrogen-bond acceptors (Lipinski definition) is 5. The van der Waals surface area contributed by atoms with Crippen LogP contribution in [0, 0.1) is 5.92 Å². The first-order valence-electron chi connectivity index (χ1n) is 9.73. The number of ether oxygens (including phenoxy) is 1. The van der Waals surface area contributed by atoms with E-state index in [-0.39, 0.29) is 17.9 Å². The Balaban J connectivity index is 1.37. The molecule has 7 nitrogen and oxygen atoms in total. The van der Waals surface area contributed by atoms with Gasteiger partial charge in [0.2, 0.25) is 11.8 Å². The fraction of sp³-hybridized carbons (Fsp3) is 0.889. The maximum absolute atomic E-state index is 12.5. The summed E-state index contributed by atoms with van der Waals surface area (Å²) in [5.41, 5.74) is 0. The molecular formula is C18H32N4O3. The van der Waals surface area contributed by atoms with Gasteiger partial charge in [0.05, 0.1) is 19.8 Å². The average molecular weight is 352 g/mol. The van der Waals surface area contributed by atoms with Crippen LogP contribution < -0.4 is 10.6 Å². The molecule has 2 amide bonds. The fourth-order valence-electron chi connectivity index (χ4n) is 4.11. The predicted molar refractivity (Wildman–Crippen MR) is 95.2 cm³/mol. The monoisotopic (exact) mass is 352 g/mol. The Morgan fingerprint density at radius 1 is 1.20 bits per heavy atom. The normalized spacial score (nSPS) is 31.6. The first-order chi connectivity index (χ1) is 12.1. The van der Waals surface area contributed by atoms with Crippen molar-refractivity contribution in [2.24, 2.45) is 5.92 Å². The summed E-state index contributed by atoms with van der Waals surface area (Å²) >= 11 is 0. The van der Waals surface area contributed by atoms with E-state index in [4.69, 9.17) is 4.74 Å². The molecule has 0 aromatic heterocycles. The van der Waals surface area contributed by atoms with Crippen LogP contribution in [0.4, 0.5) is 0 Å². The van der Waals surface area contributed by atoms with Gasteiger partial charge in [-0.1, -0.05) is 19.8 Å². The lowest BCUT2D eigenvalue weighted by Crippen LogP contribution is -2.58. The number of hydrogen-bond donors (Lipinski definition) is 2. The summed E-state index contributed by atoms with van der Waals surface area (Å²) in [6.07, 6.45) is 4.70. The summed E-state index contributed by atoms with van der Waals surface area (Å²) in [4.78, 5) is 28.8. The highest BCUT2D eigenvalue weighted by atomic mass is 16.5. The third-order valence-corrected chi connectivity index (χ3v) is 5.57. The Kier molecular flexibility index (Phi) is 6.67. The Labute approximate surface area is 150 Å². The molecule has 25 heavy (non-hydrogen) atoms. The molecule has 0 bridgehead atoms. The topological polar surface area (TPSA) is 73.9 Å². The molecule has 3 rings (SSSR count). The highest BCUT2D eigenvalue weighted by Crippen LogP contribution is 2.23. The molecule has 2 aliphatic heterocycles. The highest BCUT2D eigenvalue weighted by molar-refractivity contribution is 5.82. The Morgan fingerprint density at radius 2 is 2.00 bits per heavy atom. The van der Waals surface area contributed by atoms with Crippen LogP contribution in [0.1, 0.15) is 32.6 Å². The Morgan fingerprint density at radius 3 is 2.68 bits per heavy atom. The second kappa shape index (κ2) is 8.96. The molecule has 1 aliphatic carbocycles. The molecule has 3 fully saturated rings. The first kappa shape index (κ1) is 18.6. The van der Waals surface area contributed by atoms with Crippen LogP contribution in [0.3, 0.4) is 0 Å². The van der Waals surface area contributed by atoms with E-state index in [0.29, 0.717) is 44.8 Å². The van der Waals surface area contributed by atoms with Crippen LogP contribution in [0.2, 0.25) is 0 Å². The van der Waals surface area contributed by atoms with Crippen molar-refractivity contribution in [1.82, 2.24) is 20.4 Å². The summed E-state index contributed by atoms with van der Waals surface area (Å²) in [6, 6.07) is 0.133. The number of nitrogens with one attached hydrogen (secondary N) is 2. The van der Waals surface area contributed by atoms with Crippen LogP contribution in [-0.4, -0.2) is 86.2 Å². The van der Waals surface area contributed by atoms with Gasteiger partial charge in [0.25, 0.3) is 0 Å². The third kappa shape index (κ3) is 5.39. The minimum Gasteiger partial charge on any atom is -0.378 e. The SMILES string of the molecule is CC1CCCC(NC(=O)CN2CCN(C(=O)C3COCCN3)CC2)C1. The summed E-state index contributed by atoms with van der Waals surface area (Å²) in [7, 11) is 0. The maximum atomic E-state index is 12.5. The molecule has 2 N–H and O–H groups in total. The van der Waals surface area contributed by atoms with E-state index in [0.717, 1.165) is 32.5 Å². The zero-order valence-corrected chi connectivity index (χ0v) is 15.3. The van der Waals surface area contributed by atoms with Gasteiger partial charge in [0.15, 0.2) is 0 Å². The molecule has 3 unspecified atom stereocenters. The third-order valence-electron chi connectivity index (χ3n) is 5.57. The van der Waals surface area contributed by atoms with Crippen molar-refractivity contribution >= 4 is 11.8 Å². The molecule has 2 heterocycles. The van der Waals surface area contributed by atoms with Crippen LogP contribution in [0.25, 0.3) is 0 Å². The van der Waals surface area contributed by atoms with Crippen LogP contribution >= 0.6 is 0 Å². The molecule has 1 saturated carbocycles. The molecule has 2 saturated heterocycles. The van der Waals surface area contributed by atoms with E-state index >= 15 is 0 Å². The van der Waals surface area contributed by atoms with Gasteiger partial charge in [-0.15, -0.1) is 0 Å². The Bertz CT molecular complexity index is 459. The lowest BCUT2D eigenvalue weighted by Gasteiger charge is -2.37. The van der Waals surface area contributed by atoms with Gasteiger partial charge in [-0.05, 0) is 18.8 Å². The van der Waals surface area contributed by atoms with Gasteiger partial charge in [-0.2, -0.15) is 0 Å². The van der Waals surface area contributed by atoms with Crippen molar-refractivity contribution in [3.05, 3.63) is 0 Å². The average Bonchev–Trinajstić information content (AvgIpc) is 2.62. The van der Waals surface area contributed by atoms with Crippen molar-refractivity contribution in [2.45, 2.75) is 44.7 Å². The minimum absolute atomic E-state index is 0.125. The lowest BCUT2D eigenvalue weighted by atomic mass is 9.87. The van der Waals surface area contributed by atoms with E-state index in [1.165, 1.54) is 12.8 Å². The van der Waals surface area contributed by atoms with Crippen molar-refractivity contribution in [3.63, 3.8) is 0 Å². The van der Waals surface area contributed by atoms with E-state index in [1.54, 1.807) is 0 Å². The lowest BCUT2D eigenvalue weighted by molar-refractivity contribution is -0.138. The van der Waals surface area contributed by atoms with E-state index < -0.39 is 0 Å². The number of amides is 2. The molecule has 7 heteroatoms. The summed E-state index contributed by atoms with van der Waals surface area (Å²) in [5.74, 6) is 0.965. The number of carbonyl (C=O) groups is 2. The van der Waals surface area contributed by atoms with Crippen LogP contribution in [0.5, 0.6) is 0 Å². The molecule has 0 aromatic rings. The minimum atomic E-state index is -0.211. The van der Waals surface area contributed by atoms with Gasteiger partial charge < -0.3 is 20.3 Å². The number of morpholine rings is 1. The standard InChI is InChI=1S/C18H32N4O3/c1-14-3-2-4-15(11-14)20-17(23)12-21-6-8-22(9-7-21)18(24)16-13-25-10-5-19-16/h14-16,19H,2-13H2,1H3,(H,20,23). The van der Waals surface area contributed by atoms with E-state index in [2.05, 4.69) is 22.5 Å². The fourth-order valence-corrected chi connectivity index (χ4v) is 4.11. The first-order valence-corrected chi connectivity index (χ1v) is 9.73. The van der Waals surface area contributed by atoms with Gasteiger partial charge in [-0.3, -0.25) is 14.5 Å². The Hall–Kier alpha value is -1.18. The van der Waals surface area contributed by atoms with Crippen molar-refractivity contribution in [1.29, 1.82) is 0 Å². The second-order valence-electron chi connectivity index (χ2n) is 7.72. The molecule has 3 atom stereocenters. The summed E-state index contributed by atoms with van der Waals surface area (Å²) in [6.45, 7) is 7.46. The van der Waals surface area contributed by atoms with Crippen LogP contribution in [0.15, 0.2) is 0 Å². The van der Waals surface area contributed by atoms with E-state index in [1.807, 2.05) is 4.90 Å². The molecule has 0 aromatic carbocycles. The number of nitrogens with zero attached hydrogens (tertiary/aromatic N) is 2. The summed E-state index contributed by atoms with van der Waals surface area (Å²) in [5, 5.41) is 6.41. The number of carbonyl (C=O) groups excluding carboxylic acids is 2. The van der Waals surface area contributed by atoms with Gasteiger partial charge in [0, 0.05) is 38.8 Å².